The third-order valence-electron chi connectivity index (χ3n) is 4.45. The van der Waals surface area contributed by atoms with E-state index in [-0.39, 0.29) is 10.6 Å². The summed E-state index contributed by atoms with van der Waals surface area (Å²) in [6, 6.07) is 23.5. The van der Waals surface area contributed by atoms with Crippen LogP contribution in [0, 0.1) is 10.1 Å². The van der Waals surface area contributed by atoms with Crippen molar-refractivity contribution in [2.45, 2.75) is 26.2 Å². The molecule has 0 radical (unpaired) electrons. The van der Waals surface area contributed by atoms with Crippen molar-refractivity contribution in [1.82, 2.24) is 0 Å². The Labute approximate surface area is 148 Å². The van der Waals surface area contributed by atoms with Gasteiger partial charge in [0, 0.05) is 18.1 Å². The summed E-state index contributed by atoms with van der Waals surface area (Å²) in [6.45, 7) is 4.29. The minimum Gasteiger partial charge on any atom is -0.258 e. The Morgan fingerprint density at radius 3 is 2.20 bits per heavy atom. The second-order valence-corrected chi connectivity index (χ2v) is 6.50. The topological polar surface area (TPSA) is 43.1 Å². The van der Waals surface area contributed by atoms with Gasteiger partial charge in [-0.2, -0.15) is 0 Å². The Kier molecular flexibility index (Phi) is 4.94. The fourth-order valence-electron chi connectivity index (χ4n) is 3.16. The van der Waals surface area contributed by atoms with Crippen molar-refractivity contribution in [3.63, 3.8) is 0 Å². The van der Waals surface area contributed by atoms with Gasteiger partial charge in [0.05, 0.1) is 4.92 Å². The average molecular weight is 331 g/mol. The molecule has 126 valence electrons. The van der Waals surface area contributed by atoms with Crippen LogP contribution in [0.3, 0.4) is 0 Å². The first kappa shape index (κ1) is 16.9. The standard InChI is InChI=1S/C22H21NO2/c1-16(2)21-11-7-6-10-19(21)14-20-13-12-18(15-22(20)23(24)25)17-8-4-3-5-9-17/h3-13,15-16H,14H2,1-2H3. The number of hydrogen-bond acceptors (Lipinski definition) is 2. The Bertz CT molecular complexity index is 886. The number of nitrogens with zero attached hydrogens (tertiary/aromatic N) is 1. The molecular weight excluding hydrogens is 310 g/mol. The maximum Gasteiger partial charge on any atom is 0.273 e. The van der Waals surface area contributed by atoms with Crippen LogP contribution >= 0.6 is 0 Å². The normalized spacial score (nSPS) is 10.8. The van der Waals surface area contributed by atoms with Crippen molar-refractivity contribution in [1.29, 1.82) is 0 Å². The largest absolute Gasteiger partial charge is 0.273 e. The highest BCUT2D eigenvalue weighted by Gasteiger charge is 2.17. The molecule has 0 spiro atoms. The van der Waals surface area contributed by atoms with Crippen LogP contribution in [0.4, 0.5) is 5.69 Å². The van der Waals surface area contributed by atoms with Crippen LogP contribution < -0.4 is 0 Å². The lowest BCUT2D eigenvalue weighted by Crippen LogP contribution is -2.01. The van der Waals surface area contributed by atoms with Gasteiger partial charge in [-0.15, -0.1) is 0 Å². The number of rotatable bonds is 5. The SMILES string of the molecule is CC(C)c1ccccc1Cc1ccc(-c2ccccc2)cc1[N+](=O)[O-]. The molecule has 0 aliphatic rings. The number of nitro benzene ring substituents is 1. The lowest BCUT2D eigenvalue weighted by Gasteiger charge is -2.13. The molecule has 3 heteroatoms. The second kappa shape index (κ2) is 7.31. The molecule has 3 nitrogen and oxygen atoms in total. The minimum absolute atomic E-state index is 0.180. The molecule has 0 aliphatic heterocycles. The van der Waals surface area contributed by atoms with Crippen molar-refractivity contribution in [3.05, 3.63) is 99.6 Å². The van der Waals surface area contributed by atoms with Crippen LogP contribution in [-0.2, 0) is 6.42 Å². The number of benzene rings is 3. The highest BCUT2D eigenvalue weighted by atomic mass is 16.6. The van der Waals surface area contributed by atoms with Gasteiger partial charge >= 0.3 is 0 Å². The van der Waals surface area contributed by atoms with Crippen LogP contribution in [-0.4, -0.2) is 4.92 Å². The van der Waals surface area contributed by atoms with Crippen molar-refractivity contribution in [2.75, 3.05) is 0 Å². The van der Waals surface area contributed by atoms with Gasteiger partial charge in [-0.05, 0) is 28.2 Å². The predicted molar refractivity (Wildman–Crippen MR) is 102 cm³/mol. The first-order chi connectivity index (χ1) is 12.1. The molecule has 0 bridgehead atoms. The first-order valence-electron chi connectivity index (χ1n) is 8.47. The molecule has 0 unspecified atom stereocenters. The van der Waals surface area contributed by atoms with Gasteiger partial charge < -0.3 is 0 Å². The molecule has 0 heterocycles. The van der Waals surface area contributed by atoms with Gasteiger partial charge in [-0.25, -0.2) is 0 Å². The highest BCUT2D eigenvalue weighted by Crippen LogP contribution is 2.30. The summed E-state index contributed by atoms with van der Waals surface area (Å²) < 4.78 is 0. The van der Waals surface area contributed by atoms with Gasteiger partial charge in [-0.3, -0.25) is 10.1 Å². The predicted octanol–water partition coefficient (Wildman–Crippen LogP) is 5.98. The van der Waals surface area contributed by atoms with Crippen LogP contribution in [0.1, 0.15) is 36.5 Å². The fourth-order valence-corrected chi connectivity index (χ4v) is 3.16. The Balaban J connectivity index is 2.01. The molecule has 0 N–H and O–H groups in total. The third kappa shape index (κ3) is 3.77. The van der Waals surface area contributed by atoms with Crippen LogP contribution in [0.2, 0.25) is 0 Å². The zero-order chi connectivity index (χ0) is 17.8. The smallest absolute Gasteiger partial charge is 0.258 e. The minimum atomic E-state index is -0.278. The molecule has 0 atom stereocenters. The van der Waals surface area contributed by atoms with E-state index in [1.807, 2.05) is 54.6 Å². The van der Waals surface area contributed by atoms with Gasteiger partial charge in [0.15, 0.2) is 0 Å². The van der Waals surface area contributed by atoms with Gasteiger partial charge in [0.2, 0.25) is 0 Å². The molecule has 3 rings (SSSR count). The lowest BCUT2D eigenvalue weighted by atomic mass is 9.92. The van der Waals surface area contributed by atoms with E-state index in [2.05, 4.69) is 26.0 Å². The summed E-state index contributed by atoms with van der Waals surface area (Å²) in [5, 5.41) is 11.6. The molecule has 0 saturated carbocycles. The van der Waals surface area contributed by atoms with Crippen LogP contribution in [0.25, 0.3) is 11.1 Å². The van der Waals surface area contributed by atoms with E-state index in [1.165, 1.54) is 5.56 Å². The maximum absolute atomic E-state index is 11.6. The Hall–Kier alpha value is -2.94. The zero-order valence-corrected chi connectivity index (χ0v) is 14.5. The van der Waals surface area contributed by atoms with Crippen molar-refractivity contribution >= 4 is 5.69 Å². The number of hydrogen-bond donors (Lipinski definition) is 0. The maximum atomic E-state index is 11.6. The van der Waals surface area contributed by atoms with Crippen molar-refractivity contribution in [2.24, 2.45) is 0 Å². The quantitative estimate of drug-likeness (QED) is 0.426. The summed E-state index contributed by atoms with van der Waals surface area (Å²) in [6.07, 6.45) is 0.569. The van der Waals surface area contributed by atoms with E-state index in [0.717, 1.165) is 22.3 Å². The van der Waals surface area contributed by atoms with Gasteiger partial charge in [0.25, 0.3) is 5.69 Å². The van der Waals surface area contributed by atoms with Crippen LogP contribution in [0.5, 0.6) is 0 Å². The molecule has 25 heavy (non-hydrogen) atoms. The summed E-state index contributed by atoms with van der Waals surface area (Å²) in [5.74, 6) is 0.388. The molecule has 0 amide bonds. The molecule has 3 aromatic rings. The van der Waals surface area contributed by atoms with E-state index in [1.54, 1.807) is 6.07 Å². The van der Waals surface area contributed by atoms with E-state index in [9.17, 15) is 10.1 Å². The Morgan fingerprint density at radius 2 is 1.52 bits per heavy atom. The van der Waals surface area contributed by atoms with Crippen molar-refractivity contribution < 1.29 is 4.92 Å². The summed E-state index contributed by atoms with van der Waals surface area (Å²) in [5.41, 5.74) is 5.17. The zero-order valence-electron chi connectivity index (χ0n) is 14.5. The van der Waals surface area contributed by atoms with E-state index < -0.39 is 0 Å². The number of nitro groups is 1. The first-order valence-corrected chi connectivity index (χ1v) is 8.47. The van der Waals surface area contributed by atoms with E-state index >= 15 is 0 Å². The van der Waals surface area contributed by atoms with Crippen molar-refractivity contribution in [3.8, 4) is 11.1 Å². The highest BCUT2D eigenvalue weighted by molar-refractivity contribution is 5.67. The average Bonchev–Trinajstić information content (AvgIpc) is 2.63. The summed E-state index contributed by atoms with van der Waals surface area (Å²) in [4.78, 5) is 11.3. The van der Waals surface area contributed by atoms with Gasteiger partial charge in [0.1, 0.15) is 0 Å². The molecule has 0 aromatic heterocycles. The molecule has 3 aromatic carbocycles. The second-order valence-electron chi connectivity index (χ2n) is 6.50. The van der Waals surface area contributed by atoms with E-state index in [4.69, 9.17) is 0 Å². The summed E-state index contributed by atoms with van der Waals surface area (Å²) >= 11 is 0. The lowest BCUT2D eigenvalue weighted by molar-refractivity contribution is -0.385. The molecular formula is C22H21NO2. The Morgan fingerprint density at radius 1 is 0.840 bits per heavy atom. The third-order valence-corrected chi connectivity index (χ3v) is 4.45. The molecule has 0 saturated heterocycles. The van der Waals surface area contributed by atoms with E-state index in [0.29, 0.717) is 12.3 Å². The molecule has 0 aliphatic carbocycles. The molecule has 0 fully saturated rings. The summed E-state index contributed by atoms with van der Waals surface area (Å²) in [7, 11) is 0. The van der Waals surface area contributed by atoms with Gasteiger partial charge in [-0.1, -0.05) is 80.6 Å². The fraction of sp³-hybridized carbons (Fsp3) is 0.182. The van der Waals surface area contributed by atoms with Crippen LogP contribution in [0.15, 0.2) is 72.8 Å². The monoisotopic (exact) mass is 331 g/mol.